The van der Waals surface area contributed by atoms with Gasteiger partial charge in [-0.05, 0) is 12.5 Å². The molecular formula is C10H15N5O2S. The Balaban J connectivity index is 1.82. The molecule has 7 nitrogen and oxygen atoms in total. The van der Waals surface area contributed by atoms with E-state index in [9.17, 15) is 8.42 Å². The summed E-state index contributed by atoms with van der Waals surface area (Å²) in [6.07, 6.45) is 7.02. The van der Waals surface area contributed by atoms with Gasteiger partial charge in [0.2, 0.25) is 10.0 Å². The number of aryl methyl sites for hydroxylation is 2. The molecule has 8 heteroatoms. The molecule has 2 aromatic heterocycles. The predicted molar refractivity (Wildman–Crippen MR) is 65.2 cm³/mol. The molecular weight excluding hydrogens is 254 g/mol. The van der Waals surface area contributed by atoms with E-state index in [1.54, 1.807) is 17.9 Å². The molecule has 2 aromatic rings. The zero-order valence-electron chi connectivity index (χ0n) is 10.0. The zero-order chi connectivity index (χ0) is 13.0. The summed E-state index contributed by atoms with van der Waals surface area (Å²) in [7, 11) is -1.77. The molecule has 0 saturated heterocycles. The van der Waals surface area contributed by atoms with Crippen LogP contribution in [0.1, 0.15) is 6.42 Å². The van der Waals surface area contributed by atoms with Crippen LogP contribution in [0.5, 0.6) is 0 Å². The minimum atomic E-state index is -3.44. The van der Waals surface area contributed by atoms with Crippen LogP contribution in [-0.2, 0) is 23.6 Å². The second kappa shape index (κ2) is 5.32. The number of sulfonamides is 1. The van der Waals surface area contributed by atoms with Gasteiger partial charge in [-0.3, -0.25) is 9.36 Å². The summed E-state index contributed by atoms with van der Waals surface area (Å²) in [6, 6.07) is 1.83. The Hall–Kier alpha value is -1.67. The highest BCUT2D eigenvalue weighted by Gasteiger charge is 2.14. The molecule has 18 heavy (non-hydrogen) atoms. The minimum Gasteiger partial charge on any atom is -0.274 e. The topological polar surface area (TPSA) is 81.8 Å². The summed E-state index contributed by atoms with van der Waals surface area (Å²) in [5.41, 5.74) is 0. The van der Waals surface area contributed by atoms with Crippen LogP contribution in [0, 0.1) is 0 Å². The Morgan fingerprint density at radius 1 is 1.39 bits per heavy atom. The summed E-state index contributed by atoms with van der Waals surface area (Å²) in [6.45, 7) is 1.06. The third kappa shape index (κ3) is 3.17. The predicted octanol–water partition coefficient (Wildman–Crippen LogP) is -0.0148. The number of hydrogen-bond donors (Lipinski definition) is 1. The van der Waals surface area contributed by atoms with Gasteiger partial charge in [0.1, 0.15) is 4.90 Å². The second-order valence-electron chi connectivity index (χ2n) is 3.87. The average molecular weight is 269 g/mol. The molecule has 0 radical (unpaired) electrons. The van der Waals surface area contributed by atoms with E-state index in [2.05, 4.69) is 14.9 Å². The third-order valence-electron chi connectivity index (χ3n) is 2.41. The Bertz CT molecular complexity index is 588. The van der Waals surface area contributed by atoms with Gasteiger partial charge in [0, 0.05) is 38.7 Å². The van der Waals surface area contributed by atoms with Gasteiger partial charge in [0.25, 0.3) is 0 Å². The van der Waals surface area contributed by atoms with E-state index in [0.717, 1.165) is 0 Å². The number of hydrogen-bond acceptors (Lipinski definition) is 4. The van der Waals surface area contributed by atoms with Gasteiger partial charge in [-0.15, -0.1) is 0 Å². The van der Waals surface area contributed by atoms with E-state index in [0.29, 0.717) is 19.5 Å². The smallest absolute Gasteiger partial charge is 0.243 e. The van der Waals surface area contributed by atoms with E-state index in [1.165, 1.54) is 17.1 Å². The molecule has 0 spiro atoms. The molecule has 0 saturated carbocycles. The van der Waals surface area contributed by atoms with Gasteiger partial charge in [-0.2, -0.15) is 10.2 Å². The molecule has 0 amide bonds. The summed E-state index contributed by atoms with van der Waals surface area (Å²) < 4.78 is 29.4. The quantitative estimate of drug-likeness (QED) is 0.748. The number of aromatic nitrogens is 4. The van der Waals surface area contributed by atoms with Crippen molar-refractivity contribution >= 4 is 10.0 Å². The molecule has 0 aromatic carbocycles. The molecule has 0 unspecified atom stereocenters. The van der Waals surface area contributed by atoms with Gasteiger partial charge in [0.15, 0.2) is 0 Å². The number of nitrogens with one attached hydrogen (secondary N) is 1. The maximum absolute atomic E-state index is 11.8. The molecule has 2 heterocycles. The van der Waals surface area contributed by atoms with E-state index >= 15 is 0 Å². The van der Waals surface area contributed by atoms with Crippen LogP contribution in [0.4, 0.5) is 0 Å². The van der Waals surface area contributed by atoms with Crippen LogP contribution in [-0.4, -0.2) is 34.5 Å². The fourth-order valence-corrected chi connectivity index (χ4v) is 2.56. The number of rotatable bonds is 6. The summed E-state index contributed by atoms with van der Waals surface area (Å²) in [5, 5.41) is 7.87. The zero-order valence-corrected chi connectivity index (χ0v) is 10.8. The van der Waals surface area contributed by atoms with Crippen molar-refractivity contribution in [2.45, 2.75) is 17.9 Å². The molecule has 0 aliphatic heterocycles. The molecule has 0 fully saturated rings. The lowest BCUT2D eigenvalue weighted by Gasteiger charge is -2.04. The molecule has 0 atom stereocenters. The molecule has 2 rings (SSSR count). The lowest BCUT2D eigenvalue weighted by atomic mass is 10.4. The highest BCUT2D eigenvalue weighted by molar-refractivity contribution is 7.89. The van der Waals surface area contributed by atoms with Crippen LogP contribution in [0.2, 0.25) is 0 Å². The molecule has 0 aliphatic rings. The Labute approximate surface area is 105 Å². The van der Waals surface area contributed by atoms with Gasteiger partial charge in [0.05, 0.1) is 6.20 Å². The van der Waals surface area contributed by atoms with Gasteiger partial charge in [-0.1, -0.05) is 0 Å². The van der Waals surface area contributed by atoms with Crippen molar-refractivity contribution in [3.8, 4) is 0 Å². The lowest BCUT2D eigenvalue weighted by molar-refractivity contribution is 0.553. The summed E-state index contributed by atoms with van der Waals surface area (Å²) in [5.74, 6) is 0. The fraction of sp³-hybridized carbons (Fsp3) is 0.400. The van der Waals surface area contributed by atoms with Crippen molar-refractivity contribution in [1.82, 2.24) is 24.3 Å². The highest BCUT2D eigenvalue weighted by Crippen LogP contribution is 2.05. The first kappa shape index (κ1) is 12.8. The summed E-state index contributed by atoms with van der Waals surface area (Å²) >= 11 is 0. The SMILES string of the molecule is Cn1cc(S(=O)(=O)NCCCn2cccn2)cn1. The van der Waals surface area contributed by atoms with E-state index in [1.807, 2.05) is 12.3 Å². The molecule has 98 valence electrons. The van der Waals surface area contributed by atoms with Crippen LogP contribution >= 0.6 is 0 Å². The minimum absolute atomic E-state index is 0.184. The van der Waals surface area contributed by atoms with E-state index < -0.39 is 10.0 Å². The van der Waals surface area contributed by atoms with Gasteiger partial charge in [-0.25, -0.2) is 13.1 Å². The average Bonchev–Trinajstić information content (AvgIpc) is 2.95. The van der Waals surface area contributed by atoms with Crippen LogP contribution in [0.15, 0.2) is 35.7 Å². The van der Waals surface area contributed by atoms with Gasteiger partial charge < -0.3 is 0 Å². The molecule has 0 bridgehead atoms. The first-order valence-corrected chi connectivity index (χ1v) is 7.02. The first-order valence-electron chi connectivity index (χ1n) is 5.54. The van der Waals surface area contributed by atoms with Crippen molar-refractivity contribution in [3.63, 3.8) is 0 Å². The molecule has 0 aliphatic carbocycles. The monoisotopic (exact) mass is 269 g/mol. The van der Waals surface area contributed by atoms with E-state index in [-0.39, 0.29) is 4.90 Å². The van der Waals surface area contributed by atoms with Crippen molar-refractivity contribution < 1.29 is 8.42 Å². The normalized spacial score (nSPS) is 11.8. The van der Waals surface area contributed by atoms with Crippen LogP contribution in [0.3, 0.4) is 0 Å². The van der Waals surface area contributed by atoms with Crippen LogP contribution < -0.4 is 4.72 Å². The number of nitrogens with zero attached hydrogens (tertiary/aromatic N) is 4. The Kier molecular flexibility index (Phi) is 3.78. The largest absolute Gasteiger partial charge is 0.274 e. The second-order valence-corrected chi connectivity index (χ2v) is 5.64. The Morgan fingerprint density at radius 3 is 2.83 bits per heavy atom. The summed E-state index contributed by atoms with van der Waals surface area (Å²) in [4.78, 5) is 0.184. The maximum Gasteiger partial charge on any atom is 0.243 e. The van der Waals surface area contributed by atoms with E-state index in [4.69, 9.17) is 0 Å². The fourth-order valence-electron chi connectivity index (χ4n) is 1.50. The maximum atomic E-state index is 11.8. The van der Waals surface area contributed by atoms with Crippen molar-refractivity contribution in [1.29, 1.82) is 0 Å². The van der Waals surface area contributed by atoms with Crippen molar-refractivity contribution in [2.75, 3.05) is 6.54 Å². The highest BCUT2D eigenvalue weighted by atomic mass is 32.2. The van der Waals surface area contributed by atoms with Crippen molar-refractivity contribution in [2.24, 2.45) is 7.05 Å². The third-order valence-corrected chi connectivity index (χ3v) is 3.82. The molecule has 1 N–H and O–H groups in total. The lowest BCUT2D eigenvalue weighted by Crippen LogP contribution is -2.25. The Morgan fingerprint density at radius 2 is 2.22 bits per heavy atom. The van der Waals surface area contributed by atoms with Crippen molar-refractivity contribution in [3.05, 3.63) is 30.9 Å². The van der Waals surface area contributed by atoms with Crippen LogP contribution in [0.25, 0.3) is 0 Å². The standard InChI is InChI=1S/C10H15N5O2S/c1-14-9-10(8-12-14)18(16,17)13-5-3-7-15-6-2-4-11-15/h2,4,6,8-9,13H,3,5,7H2,1H3. The first-order chi connectivity index (χ1) is 8.58. The van der Waals surface area contributed by atoms with Gasteiger partial charge >= 0.3 is 0 Å².